The molecule has 3 rings (SSSR count). The molecule has 1 aromatic carbocycles. The van der Waals surface area contributed by atoms with Gasteiger partial charge in [-0.3, -0.25) is 19.0 Å². The Morgan fingerprint density at radius 2 is 2.03 bits per heavy atom. The van der Waals surface area contributed by atoms with Gasteiger partial charge < -0.3 is 25.0 Å². The van der Waals surface area contributed by atoms with Crippen LogP contribution in [0.25, 0.3) is 10.9 Å². The lowest BCUT2D eigenvalue weighted by Gasteiger charge is -2.38. The molecule has 2 amide bonds. The third-order valence-corrected chi connectivity index (χ3v) is 6.74. The highest BCUT2D eigenvalue weighted by molar-refractivity contribution is 6.32. The van der Waals surface area contributed by atoms with E-state index in [0.717, 1.165) is 19.4 Å². The van der Waals surface area contributed by atoms with Gasteiger partial charge >= 0.3 is 0 Å². The molecule has 2 N–H and O–H groups in total. The second-order valence-electron chi connectivity index (χ2n) is 9.62. The van der Waals surface area contributed by atoms with E-state index >= 15 is 0 Å². The van der Waals surface area contributed by atoms with Crippen molar-refractivity contribution in [2.24, 2.45) is 0 Å². The molecule has 0 saturated carbocycles. The predicted molar refractivity (Wildman–Crippen MR) is 138 cm³/mol. The maximum absolute atomic E-state index is 13.1. The predicted octanol–water partition coefficient (Wildman–Crippen LogP) is 1.65. The van der Waals surface area contributed by atoms with Crippen molar-refractivity contribution < 1.29 is 19.4 Å². The van der Waals surface area contributed by atoms with E-state index in [-0.39, 0.29) is 18.0 Å². The second kappa shape index (κ2) is 13.0. The van der Waals surface area contributed by atoms with Gasteiger partial charge in [0.2, 0.25) is 12.3 Å². The SMILES string of the molecule is CN(C)CCCOc1cc2ncn(CC3(O)CCN(C(=O)CCCCNC=O)CC3)c(=O)c2cc1Cl. The monoisotopic (exact) mass is 521 g/mol. The number of unbranched alkanes of at least 4 members (excludes halogenated alkanes) is 1. The molecule has 1 aliphatic heterocycles. The summed E-state index contributed by atoms with van der Waals surface area (Å²) in [5.41, 5.74) is -0.903. The van der Waals surface area contributed by atoms with Gasteiger partial charge in [-0.05, 0) is 52.3 Å². The summed E-state index contributed by atoms with van der Waals surface area (Å²) in [5.74, 6) is 0.533. The van der Waals surface area contributed by atoms with Crippen LogP contribution in [0.3, 0.4) is 0 Å². The summed E-state index contributed by atoms with van der Waals surface area (Å²) < 4.78 is 7.19. The van der Waals surface area contributed by atoms with Crippen molar-refractivity contribution in [1.82, 2.24) is 24.7 Å². The Hall–Kier alpha value is -2.69. The molecule has 0 spiro atoms. The van der Waals surface area contributed by atoms with Gasteiger partial charge in [-0.25, -0.2) is 4.98 Å². The quantitative estimate of drug-likeness (QED) is 0.304. The molecular formula is C25H36ClN5O5. The summed E-state index contributed by atoms with van der Waals surface area (Å²) in [6, 6.07) is 3.24. The zero-order valence-electron chi connectivity index (χ0n) is 21.0. The molecule has 2 aromatic rings. The van der Waals surface area contributed by atoms with Crippen LogP contribution in [-0.4, -0.2) is 89.3 Å². The number of carbonyl (C=O) groups is 2. The highest BCUT2D eigenvalue weighted by atomic mass is 35.5. The first-order chi connectivity index (χ1) is 17.2. The van der Waals surface area contributed by atoms with Crippen molar-refractivity contribution >= 4 is 34.8 Å². The third-order valence-electron chi connectivity index (χ3n) is 6.44. The minimum absolute atomic E-state index is 0.0436. The van der Waals surface area contributed by atoms with Crippen LogP contribution in [-0.2, 0) is 16.1 Å². The average molecular weight is 522 g/mol. The Morgan fingerprint density at radius 1 is 1.28 bits per heavy atom. The maximum Gasteiger partial charge on any atom is 0.261 e. The molecule has 0 radical (unpaired) electrons. The first-order valence-corrected chi connectivity index (χ1v) is 12.7. The van der Waals surface area contributed by atoms with Gasteiger partial charge in [0.15, 0.2) is 0 Å². The molecule has 0 atom stereocenters. The fourth-order valence-corrected chi connectivity index (χ4v) is 4.53. The van der Waals surface area contributed by atoms with Crippen molar-refractivity contribution in [3.63, 3.8) is 0 Å². The van der Waals surface area contributed by atoms with Gasteiger partial charge in [0.25, 0.3) is 5.56 Å². The van der Waals surface area contributed by atoms with Gasteiger partial charge in [0.05, 0.1) is 41.0 Å². The standard InChI is InChI=1S/C25H36ClN5O5/c1-29(2)10-5-13-36-22-15-21-19(14-20(22)26)24(34)31(17-28-21)16-25(35)7-11-30(12-8-25)23(33)6-3-4-9-27-18-32/h14-15,17-18,35H,3-13,16H2,1-2H3,(H,27,32). The lowest BCUT2D eigenvalue weighted by molar-refractivity contribution is -0.136. The summed E-state index contributed by atoms with van der Waals surface area (Å²) >= 11 is 6.38. The molecule has 36 heavy (non-hydrogen) atoms. The largest absolute Gasteiger partial charge is 0.492 e. The maximum atomic E-state index is 13.1. The van der Waals surface area contributed by atoms with E-state index in [4.69, 9.17) is 16.3 Å². The first kappa shape index (κ1) is 27.9. The number of fused-ring (bicyclic) bond motifs is 1. The number of nitrogens with one attached hydrogen (secondary N) is 1. The molecule has 1 aromatic heterocycles. The van der Waals surface area contributed by atoms with Gasteiger partial charge in [-0.1, -0.05) is 11.6 Å². The summed E-state index contributed by atoms with van der Waals surface area (Å²) in [4.78, 5) is 44.1. The second-order valence-corrected chi connectivity index (χ2v) is 10.0. The first-order valence-electron chi connectivity index (χ1n) is 12.4. The van der Waals surface area contributed by atoms with E-state index in [1.807, 2.05) is 14.1 Å². The Morgan fingerprint density at radius 3 is 2.72 bits per heavy atom. The van der Waals surface area contributed by atoms with E-state index in [2.05, 4.69) is 15.2 Å². The Kier molecular flexibility index (Phi) is 10.1. The molecule has 0 bridgehead atoms. The minimum Gasteiger partial charge on any atom is -0.492 e. The number of hydrogen-bond donors (Lipinski definition) is 2. The summed E-state index contributed by atoms with van der Waals surface area (Å²) in [5, 5.41) is 14.4. The molecule has 1 aliphatic rings. The van der Waals surface area contributed by atoms with Crippen LogP contribution in [0.1, 0.15) is 38.5 Å². The number of nitrogens with zero attached hydrogens (tertiary/aromatic N) is 4. The number of likely N-dealkylation sites (tertiary alicyclic amines) is 1. The number of carbonyl (C=O) groups excluding carboxylic acids is 2. The van der Waals surface area contributed by atoms with Gasteiger partial charge in [0.1, 0.15) is 5.75 Å². The van der Waals surface area contributed by atoms with Crippen LogP contribution < -0.4 is 15.6 Å². The van der Waals surface area contributed by atoms with Crippen LogP contribution >= 0.6 is 11.6 Å². The smallest absolute Gasteiger partial charge is 0.261 e. The van der Waals surface area contributed by atoms with Crippen molar-refractivity contribution in [3.8, 4) is 5.75 Å². The van der Waals surface area contributed by atoms with Crippen LogP contribution in [0.15, 0.2) is 23.3 Å². The molecule has 11 heteroatoms. The van der Waals surface area contributed by atoms with Crippen LogP contribution in [0.2, 0.25) is 5.02 Å². The van der Waals surface area contributed by atoms with E-state index < -0.39 is 5.60 Å². The molecule has 0 unspecified atom stereocenters. The minimum atomic E-state index is -1.11. The number of ether oxygens (including phenoxy) is 1. The number of amides is 2. The van der Waals surface area contributed by atoms with Crippen molar-refractivity contribution in [2.75, 3.05) is 46.9 Å². The summed E-state index contributed by atoms with van der Waals surface area (Å²) in [6.45, 7) is 2.90. The average Bonchev–Trinajstić information content (AvgIpc) is 2.84. The fourth-order valence-electron chi connectivity index (χ4n) is 4.31. The number of halogens is 1. The highest BCUT2D eigenvalue weighted by Gasteiger charge is 2.34. The number of hydrogen-bond acceptors (Lipinski definition) is 7. The van der Waals surface area contributed by atoms with E-state index in [1.165, 1.54) is 10.9 Å². The number of rotatable bonds is 13. The van der Waals surface area contributed by atoms with Crippen molar-refractivity contribution in [2.45, 2.75) is 50.7 Å². The Bertz CT molecular complexity index is 1100. The van der Waals surface area contributed by atoms with Crippen LogP contribution in [0, 0.1) is 0 Å². The van der Waals surface area contributed by atoms with E-state index in [1.54, 1.807) is 17.0 Å². The molecule has 1 saturated heterocycles. The topological polar surface area (TPSA) is 117 Å². The number of piperidine rings is 1. The van der Waals surface area contributed by atoms with E-state index in [0.29, 0.717) is 80.0 Å². The zero-order chi connectivity index (χ0) is 26.1. The highest BCUT2D eigenvalue weighted by Crippen LogP contribution is 2.29. The van der Waals surface area contributed by atoms with Gasteiger partial charge in [-0.15, -0.1) is 0 Å². The molecule has 198 valence electrons. The van der Waals surface area contributed by atoms with Gasteiger partial charge in [0, 0.05) is 38.7 Å². The molecule has 2 heterocycles. The number of aliphatic hydroxyl groups is 1. The third kappa shape index (κ3) is 7.65. The van der Waals surface area contributed by atoms with Crippen molar-refractivity contribution in [3.05, 3.63) is 33.8 Å². The molecule has 10 nitrogen and oxygen atoms in total. The summed E-state index contributed by atoms with van der Waals surface area (Å²) in [6.07, 6.45) is 5.53. The molecule has 1 fully saturated rings. The zero-order valence-corrected chi connectivity index (χ0v) is 21.8. The molecular weight excluding hydrogens is 486 g/mol. The Balaban J connectivity index is 1.59. The van der Waals surface area contributed by atoms with Crippen LogP contribution in [0.4, 0.5) is 0 Å². The number of benzene rings is 1. The fraction of sp³-hybridized carbons (Fsp3) is 0.600. The number of aromatic nitrogens is 2. The van der Waals surface area contributed by atoms with E-state index in [9.17, 15) is 19.5 Å². The Labute approximate surface area is 216 Å². The van der Waals surface area contributed by atoms with Crippen LogP contribution in [0.5, 0.6) is 5.75 Å². The normalized spacial score (nSPS) is 15.3. The van der Waals surface area contributed by atoms with Crippen molar-refractivity contribution in [1.29, 1.82) is 0 Å². The lowest BCUT2D eigenvalue weighted by Crippen LogP contribution is -2.49. The lowest BCUT2D eigenvalue weighted by atomic mass is 9.91. The summed E-state index contributed by atoms with van der Waals surface area (Å²) in [7, 11) is 3.99. The molecule has 0 aliphatic carbocycles. The van der Waals surface area contributed by atoms with Gasteiger partial charge in [-0.2, -0.15) is 0 Å².